The Balaban J connectivity index is 1.98. The van der Waals surface area contributed by atoms with Gasteiger partial charge in [0.2, 0.25) is 0 Å². The van der Waals surface area contributed by atoms with E-state index in [1.54, 1.807) is 0 Å². The topological polar surface area (TPSA) is 25.2 Å². The van der Waals surface area contributed by atoms with Crippen molar-refractivity contribution in [2.45, 2.75) is 66.0 Å². The smallest absolute Gasteiger partial charge is 0.105 e. The molecule has 2 nitrogen and oxygen atoms in total. The van der Waals surface area contributed by atoms with Gasteiger partial charge in [-0.15, -0.1) is 0 Å². The minimum atomic E-state index is 0.395. The number of nitrogens with one attached hydrogen (secondary N) is 1. The van der Waals surface area contributed by atoms with E-state index in [9.17, 15) is 0 Å². The first-order valence-electron chi connectivity index (χ1n) is 6.70. The Hall–Kier alpha value is -0.760. The largest absolute Gasteiger partial charge is 0.466 e. The van der Waals surface area contributed by atoms with Gasteiger partial charge in [-0.1, -0.05) is 13.8 Å². The molecular weight excluding hydrogens is 210 g/mol. The molecule has 1 heterocycles. The molecule has 1 aromatic rings. The molecule has 1 aromatic heterocycles. The van der Waals surface area contributed by atoms with E-state index in [0.29, 0.717) is 17.5 Å². The van der Waals surface area contributed by atoms with E-state index < -0.39 is 0 Å². The third kappa shape index (κ3) is 2.92. The van der Waals surface area contributed by atoms with E-state index in [2.05, 4.69) is 39.1 Å². The van der Waals surface area contributed by atoms with Crippen LogP contribution in [0.2, 0.25) is 0 Å². The normalized spacial score (nSPS) is 25.1. The van der Waals surface area contributed by atoms with Crippen LogP contribution in [-0.4, -0.2) is 6.04 Å². The molecule has 1 N–H and O–H groups in total. The minimum absolute atomic E-state index is 0.395. The van der Waals surface area contributed by atoms with Crippen LogP contribution in [0.5, 0.6) is 0 Å². The average molecular weight is 235 g/mol. The van der Waals surface area contributed by atoms with Gasteiger partial charge in [0.15, 0.2) is 0 Å². The quantitative estimate of drug-likeness (QED) is 0.852. The summed E-state index contributed by atoms with van der Waals surface area (Å²) in [6.45, 7) is 11.0. The Morgan fingerprint density at radius 3 is 2.59 bits per heavy atom. The highest BCUT2D eigenvalue weighted by Gasteiger charge is 2.31. The lowest BCUT2D eigenvalue weighted by Crippen LogP contribution is -2.30. The molecule has 0 bridgehead atoms. The van der Waals surface area contributed by atoms with E-state index >= 15 is 0 Å². The molecule has 1 saturated carbocycles. The van der Waals surface area contributed by atoms with Gasteiger partial charge in [0.25, 0.3) is 0 Å². The molecule has 0 amide bonds. The molecule has 2 atom stereocenters. The van der Waals surface area contributed by atoms with Crippen LogP contribution < -0.4 is 5.32 Å². The van der Waals surface area contributed by atoms with E-state index in [4.69, 9.17) is 4.42 Å². The zero-order valence-corrected chi connectivity index (χ0v) is 11.8. The molecule has 2 unspecified atom stereocenters. The minimum Gasteiger partial charge on any atom is -0.466 e. The average Bonchev–Trinajstić information content (AvgIpc) is 2.69. The fourth-order valence-electron chi connectivity index (χ4n) is 3.10. The van der Waals surface area contributed by atoms with Gasteiger partial charge >= 0.3 is 0 Å². The predicted octanol–water partition coefficient (Wildman–Crippen LogP) is 4.13. The second-order valence-electron chi connectivity index (χ2n) is 6.36. The van der Waals surface area contributed by atoms with Gasteiger partial charge < -0.3 is 9.73 Å². The third-order valence-corrected chi connectivity index (χ3v) is 4.00. The Kier molecular flexibility index (Phi) is 3.35. The lowest BCUT2D eigenvalue weighted by atomic mass is 9.91. The lowest BCUT2D eigenvalue weighted by molar-refractivity contribution is 0.355. The lowest BCUT2D eigenvalue weighted by Gasteiger charge is -2.21. The monoisotopic (exact) mass is 235 g/mol. The van der Waals surface area contributed by atoms with Gasteiger partial charge in [-0.2, -0.15) is 0 Å². The molecule has 0 saturated heterocycles. The molecule has 0 radical (unpaired) electrons. The Bertz CT molecular complexity index is 392. The van der Waals surface area contributed by atoms with Crippen molar-refractivity contribution in [2.24, 2.45) is 5.41 Å². The van der Waals surface area contributed by atoms with Gasteiger partial charge in [0.05, 0.1) is 0 Å². The van der Waals surface area contributed by atoms with Gasteiger partial charge in [-0.05, 0) is 51.5 Å². The summed E-state index contributed by atoms with van der Waals surface area (Å²) in [5, 5.41) is 3.74. The fourth-order valence-corrected chi connectivity index (χ4v) is 3.10. The van der Waals surface area contributed by atoms with Crippen LogP contribution >= 0.6 is 0 Å². The highest BCUT2D eigenvalue weighted by atomic mass is 16.3. The second-order valence-corrected chi connectivity index (χ2v) is 6.36. The maximum atomic E-state index is 5.60. The summed E-state index contributed by atoms with van der Waals surface area (Å²) in [6.07, 6.45) is 3.92. The summed E-state index contributed by atoms with van der Waals surface area (Å²) in [5.41, 5.74) is 1.82. The number of rotatable bonds is 3. The molecule has 17 heavy (non-hydrogen) atoms. The van der Waals surface area contributed by atoms with Crippen molar-refractivity contribution in [3.8, 4) is 0 Å². The second kappa shape index (κ2) is 4.49. The van der Waals surface area contributed by atoms with E-state index in [1.165, 1.54) is 24.8 Å². The van der Waals surface area contributed by atoms with Crippen LogP contribution in [0.1, 0.15) is 63.2 Å². The van der Waals surface area contributed by atoms with Crippen molar-refractivity contribution in [3.63, 3.8) is 0 Å². The van der Waals surface area contributed by atoms with E-state index in [-0.39, 0.29) is 0 Å². The molecule has 0 spiro atoms. The van der Waals surface area contributed by atoms with Crippen molar-refractivity contribution in [2.75, 3.05) is 0 Å². The highest BCUT2D eigenvalue weighted by Crippen LogP contribution is 2.38. The molecule has 96 valence electrons. The van der Waals surface area contributed by atoms with Gasteiger partial charge in [-0.25, -0.2) is 0 Å². The summed E-state index contributed by atoms with van der Waals surface area (Å²) < 4.78 is 5.60. The predicted molar refractivity (Wildman–Crippen MR) is 71.2 cm³/mol. The summed E-state index contributed by atoms with van der Waals surface area (Å²) in [7, 11) is 0. The molecule has 0 aromatic carbocycles. The van der Waals surface area contributed by atoms with Crippen LogP contribution in [0, 0.1) is 19.3 Å². The number of hydrogen-bond acceptors (Lipinski definition) is 2. The van der Waals surface area contributed by atoms with Crippen molar-refractivity contribution in [1.29, 1.82) is 0 Å². The van der Waals surface area contributed by atoms with Gasteiger partial charge in [0.1, 0.15) is 11.5 Å². The number of hydrogen-bond donors (Lipinski definition) is 1. The third-order valence-electron chi connectivity index (χ3n) is 4.00. The summed E-state index contributed by atoms with van der Waals surface area (Å²) in [6, 6.07) is 3.22. The van der Waals surface area contributed by atoms with E-state index in [1.807, 2.05) is 6.92 Å². The first-order valence-corrected chi connectivity index (χ1v) is 6.70. The van der Waals surface area contributed by atoms with Crippen LogP contribution in [0.4, 0.5) is 0 Å². The molecule has 1 fully saturated rings. The molecule has 2 heteroatoms. The van der Waals surface area contributed by atoms with Crippen molar-refractivity contribution < 1.29 is 4.42 Å². The van der Waals surface area contributed by atoms with Crippen LogP contribution in [0.3, 0.4) is 0 Å². The van der Waals surface area contributed by atoms with Crippen LogP contribution in [-0.2, 0) is 0 Å². The standard InChI is InChI=1S/C15H25NO/c1-10-8-14(12(3)17-10)11(2)16-13-6-7-15(4,5)9-13/h8,11,13,16H,6-7,9H2,1-5H3. The Morgan fingerprint density at radius 1 is 1.41 bits per heavy atom. The molecule has 1 aliphatic rings. The molecule has 2 rings (SSSR count). The summed E-state index contributed by atoms with van der Waals surface area (Å²) >= 11 is 0. The van der Waals surface area contributed by atoms with E-state index in [0.717, 1.165) is 11.5 Å². The SMILES string of the molecule is Cc1cc(C(C)NC2CCC(C)(C)C2)c(C)o1. The first-order chi connectivity index (χ1) is 7.87. The summed E-state index contributed by atoms with van der Waals surface area (Å²) in [5.74, 6) is 2.07. The number of furan rings is 1. The van der Waals surface area contributed by atoms with Gasteiger partial charge in [-0.3, -0.25) is 0 Å². The molecule has 1 aliphatic carbocycles. The molecular formula is C15H25NO. The Morgan fingerprint density at radius 2 is 2.12 bits per heavy atom. The maximum Gasteiger partial charge on any atom is 0.105 e. The zero-order chi connectivity index (χ0) is 12.6. The number of aryl methyl sites for hydroxylation is 2. The molecule has 0 aliphatic heterocycles. The van der Waals surface area contributed by atoms with Crippen molar-refractivity contribution in [3.05, 3.63) is 23.2 Å². The maximum absolute atomic E-state index is 5.60. The van der Waals surface area contributed by atoms with Crippen molar-refractivity contribution in [1.82, 2.24) is 5.32 Å². The van der Waals surface area contributed by atoms with Gasteiger partial charge in [0, 0.05) is 17.6 Å². The summed E-state index contributed by atoms with van der Waals surface area (Å²) in [4.78, 5) is 0. The van der Waals surface area contributed by atoms with Crippen molar-refractivity contribution >= 4 is 0 Å². The Labute approximate surface area is 105 Å². The fraction of sp³-hybridized carbons (Fsp3) is 0.733. The first kappa shape index (κ1) is 12.7. The van der Waals surface area contributed by atoms with Crippen LogP contribution in [0.15, 0.2) is 10.5 Å². The van der Waals surface area contributed by atoms with Crippen LogP contribution in [0.25, 0.3) is 0 Å². The zero-order valence-electron chi connectivity index (χ0n) is 11.8. The highest BCUT2D eigenvalue weighted by molar-refractivity contribution is 5.23.